The van der Waals surface area contributed by atoms with Gasteiger partial charge in [0.1, 0.15) is 5.82 Å². The SMILES string of the molecule is C/C=C(\C)F.O=S(=O)(c1ccc(F)cc1)c1nnn2c1ncc1ccccc12. The van der Waals surface area contributed by atoms with Gasteiger partial charge in [-0.2, -0.15) is 4.52 Å². The standard InChI is InChI=1S/C15H9FN4O2S.C4H7F/c16-11-5-7-12(8-6-11)23(21,22)15-14-17-9-10-3-1-2-4-13(10)20(14)19-18-15;1-3-4(2)5/h1-9H;3H,1-2H3/b;4-3+. The average molecular weight is 402 g/mol. The highest BCUT2D eigenvalue weighted by atomic mass is 32.2. The highest BCUT2D eigenvalue weighted by Crippen LogP contribution is 2.24. The fourth-order valence-corrected chi connectivity index (χ4v) is 3.60. The van der Waals surface area contributed by atoms with E-state index in [-0.39, 0.29) is 21.4 Å². The quantitative estimate of drug-likeness (QED) is 0.471. The maximum atomic E-state index is 13.0. The Morgan fingerprint density at radius 1 is 1.11 bits per heavy atom. The second-order valence-corrected chi connectivity index (χ2v) is 7.64. The topological polar surface area (TPSA) is 77.2 Å². The summed E-state index contributed by atoms with van der Waals surface area (Å²) < 4.78 is 51.0. The Morgan fingerprint density at radius 3 is 2.39 bits per heavy atom. The monoisotopic (exact) mass is 402 g/mol. The molecule has 4 aromatic rings. The van der Waals surface area contributed by atoms with E-state index >= 15 is 0 Å². The summed E-state index contributed by atoms with van der Waals surface area (Å²) in [5.41, 5.74) is 0.832. The van der Waals surface area contributed by atoms with Gasteiger partial charge in [-0.15, -0.1) is 5.10 Å². The number of rotatable bonds is 2. The van der Waals surface area contributed by atoms with Gasteiger partial charge in [-0.3, -0.25) is 0 Å². The third kappa shape index (κ3) is 3.74. The highest BCUT2D eigenvalue weighted by Gasteiger charge is 2.26. The zero-order valence-electron chi connectivity index (χ0n) is 15.0. The van der Waals surface area contributed by atoms with Crippen LogP contribution in [-0.2, 0) is 9.84 Å². The molecule has 0 saturated carbocycles. The van der Waals surface area contributed by atoms with Crippen molar-refractivity contribution in [3.05, 3.63) is 72.4 Å². The van der Waals surface area contributed by atoms with Crippen LogP contribution in [0.2, 0.25) is 0 Å². The number of aromatic nitrogens is 4. The summed E-state index contributed by atoms with van der Waals surface area (Å²) in [7, 11) is -3.93. The smallest absolute Gasteiger partial charge is 0.229 e. The van der Waals surface area contributed by atoms with Crippen LogP contribution in [0.25, 0.3) is 16.6 Å². The lowest BCUT2D eigenvalue weighted by Crippen LogP contribution is -2.04. The van der Waals surface area contributed by atoms with Gasteiger partial charge in [0.15, 0.2) is 5.65 Å². The van der Waals surface area contributed by atoms with Crippen molar-refractivity contribution in [2.24, 2.45) is 0 Å². The van der Waals surface area contributed by atoms with Gasteiger partial charge in [-0.1, -0.05) is 29.5 Å². The van der Waals surface area contributed by atoms with E-state index in [1.165, 1.54) is 29.6 Å². The van der Waals surface area contributed by atoms with E-state index in [2.05, 4.69) is 15.3 Å². The van der Waals surface area contributed by atoms with Crippen molar-refractivity contribution < 1.29 is 17.2 Å². The van der Waals surface area contributed by atoms with Gasteiger partial charge in [0.2, 0.25) is 14.9 Å². The number of sulfone groups is 1. The van der Waals surface area contributed by atoms with Crippen LogP contribution in [0.5, 0.6) is 0 Å². The normalized spacial score (nSPS) is 12.1. The molecule has 28 heavy (non-hydrogen) atoms. The first kappa shape index (κ1) is 19.6. The van der Waals surface area contributed by atoms with Crippen molar-refractivity contribution in [2.45, 2.75) is 23.8 Å². The second-order valence-electron chi connectivity index (χ2n) is 5.78. The molecule has 0 fully saturated rings. The van der Waals surface area contributed by atoms with Crippen LogP contribution in [0.3, 0.4) is 0 Å². The Labute approximate surface area is 160 Å². The minimum absolute atomic E-state index is 0.0590. The molecule has 2 heterocycles. The fourth-order valence-electron chi connectivity index (χ4n) is 2.35. The molecule has 0 amide bonds. The van der Waals surface area contributed by atoms with E-state index in [1.54, 1.807) is 19.2 Å². The first-order valence-electron chi connectivity index (χ1n) is 8.23. The summed E-state index contributed by atoms with van der Waals surface area (Å²) in [4.78, 5) is 4.10. The number of hydrogen-bond acceptors (Lipinski definition) is 5. The third-order valence-electron chi connectivity index (χ3n) is 3.88. The molecule has 0 unspecified atom stereocenters. The Kier molecular flexibility index (Phi) is 5.46. The molecule has 0 saturated heterocycles. The molecule has 0 atom stereocenters. The number of hydrogen-bond donors (Lipinski definition) is 0. The molecule has 0 aliphatic rings. The second kappa shape index (κ2) is 7.81. The van der Waals surface area contributed by atoms with Crippen molar-refractivity contribution in [3.8, 4) is 0 Å². The van der Waals surface area contributed by atoms with E-state index in [4.69, 9.17) is 0 Å². The number of para-hydroxylation sites is 1. The summed E-state index contributed by atoms with van der Waals surface area (Å²) in [5.74, 6) is -0.633. The van der Waals surface area contributed by atoms with Gasteiger partial charge in [0, 0.05) is 11.6 Å². The van der Waals surface area contributed by atoms with Crippen molar-refractivity contribution >= 4 is 26.4 Å². The van der Waals surface area contributed by atoms with E-state index in [1.807, 2.05) is 18.2 Å². The minimum Gasteiger partial charge on any atom is -0.234 e. The van der Waals surface area contributed by atoms with Gasteiger partial charge in [0.25, 0.3) is 0 Å². The van der Waals surface area contributed by atoms with Crippen molar-refractivity contribution in [1.29, 1.82) is 0 Å². The minimum atomic E-state index is -3.93. The number of benzene rings is 2. The number of fused-ring (bicyclic) bond motifs is 3. The Bertz CT molecular complexity index is 1260. The zero-order chi connectivity index (χ0) is 20.3. The van der Waals surface area contributed by atoms with E-state index in [9.17, 15) is 17.2 Å². The highest BCUT2D eigenvalue weighted by molar-refractivity contribution is 7.91. The zero-order valence-corrected chi connectivity index (χ0v) is 15.9. The van der Waals surface area contributed by atoms with Crippen molar-refractivity contribution in [3.63, 3.8) is 0 Å². The summed E-state index contributed by atoms with van der Waals surface area (Å²) in [5, 5.41) is 8.25. The molecule has 0 bridgehead atoms. The number of nitrogens with zero attached hydrogens (tertiary/aromatic N) is 4. The van der Waals surface area contributed by atoms with Gasteiger partial charge in [-0.05, 0) is 44.2 Å². The molecule has 9 heteroatoms. The number of allylic oxidation sites excluding steroid dienone is 2. The largest absolute Gasteiger partial charge is 0.234 e. The Morgan fingerprint density at radius 2 is 1.75 bits per heavy atom. The van der Waals surface area contributed by atoms with Crippen molar-refractivity contribution in [1.82, 2.24) is 19.8 Å². The van der Waals surface area contributed by atoms with Gasteiger partial charge < -0.3 is 0 Å². The first-order valence-corrected chi connectivity index (χ1v) is 9.71. The van der Waals surface area contributed by atoms with Gasteiger partial charge >= 0.3 is 0 Å². The lowest BCUT2D eigenvalue weighted by atomic mass is 10.2. The van der Waals surface area contributed by atoms with Crippen LogP contribution < -0.4 is 0 Å². The van der Waals surface area contributed by atoms with E-state index in [0.29, 0.717) is 5.52 Å². The maximum absolute atomic E-state index is 13.0. The molecule has 0 radical (unpaired) electrons. The lowest BCUT2D eigenvalue weighted by Gasteiger charge is -2.02. The third-order valence-corrected chi connectivity index (χ3v) is 5.55. The van der Waals surface area contributed by atoms with Crippen LogP contribution >= 0.6 is 0 Å². The van der Waals surface area contributed by atoms with Gasteiger partial charge in [-0.25, -0.2) is 22.2 Å². The lowest BCUT2D eigenvalue weighted by molar-refractivity contribution is 0.591. The maximum Gasteiger partial charge on any atom is 0.229 e. The molecule has 0 N–H and O–H groups in total. The predicted octanol–water partition coefficient (Wildman–Crippen LogP) is 4.13. The Balaban J connectivity index is 0.000000403. The fraction of sp³-hybridized carbons (Fsp3) is 0.105. The summed E-state index contributed by atoms with van der Waals surface area (Å²) in [6, 6.07) is 11.9. The van der Waals surface area contributed by atoms with Gasteiger partial charge in [0.05, 0.1) is 16.2 Å². The molecular formula is C19H16F2N4O2S. The summed E-state index contributed by atoms with van der Waals surface area (Å²) in [6.07, 6.45) is 2.98. The Hall–Kier alpha value is -3.20. The predicted molar refractivity (Wildman–Crippen MR) is 101 cm³/mol. The molecule has 2 aromatic carbocycles. The van der Waals surface area contributed by atoms with Crippen LogP contribution in [0.4, 0.5) is 8.78 Å². The molecular weight excluding hydrogens is 386 g/mol. The summed E-state index contributed by atoms with van der Waals surface area (Å²) in [6.45, 7) is 3.08. The number of halogens is 2. The van der Waals surface area contributed by atoms with Crippen LogP contribution in [0.1, 0.15) is 13.8 Å². The molecule has 0 spiro atoms. The first-order chi connectivity index (χ1) is 13.3. The summed E-state index contributed by atoms with van der Waals surface area (Å²) >= 11 is 0. The molecule has 2 aromatic heterocycles. The molecule has 6 nitrogen and oxygen atoms in total. The average Bonchev–Trinajstić information content (AvgIpc) is 3.14. The van der Waals surface area contributed by atoms with E-state index in [0.717, 1.165) is 17.5 Å². The molecule has 0 aliphatic carbocycles. The van der Waals surface area contributed by atoms with Crippen LogP contribution in [0.15, 0.2) is 76.6 Å². The van der Waals surface area contributed by atoms with E-state index < -0.39 is 15.7 Å². The molecule has 4 rings (SSSR count). The molecule has 0 aliphatic heterocycles. The molecule has 144 valence electrons. The van der Waals surface area contributed by atoms with Crippen LogP contribution in [-0.4, -0.2) is 28.2 Å². The van der Waals surface area contributed by atoms with Crippen LogP contribution in [0, 0.1) is 5.82 Å². The van der Waals surface area contributed by atoms with Crippen molar-refractivity contribution in [2.75, 3.05) is 0 Å².